The van der Waals surface area contributed by atoms with Gasteiger partial charge in [-0.05, 0) is 61.6 Å². The molecule has 0 fully saturated rings. The largest absolute Gasteiger partial charge is 0.481 e. The summed E-state index contributed by atoms with van der Waals surface area (Å²) in [5, 5.41) is 12.1. The first-order valence-electron chi connectivity index (χ1n) is 12.0. The van der Waals surface area contributed by atoms with Crippen molar-refractivity contribution in [1.29, 1.82) is 0 Å². The second-order valence-corrected chi connectivity index (χ2v) is 8.85. The van der Waals surface area contributed by atoms with Crippen LogP contribution in [0.25, 0.3) is 22.3 Å². The third kappa shape index (κ3) is 6.30. The summed E-state index contributed by atoms with van der Waals surface area (Å²) in [6.45, 7) is 2.13. The van der Waals surface area contributed by atoms with Gasteiger partial charge in [-0.15, -0.1) is 0 Å². The second-order valence-electron chi connectivity index (χ2n) is 8.85. The van der Waals surface area contributed by atoms with E-state index in [4.69, 9.17) is 9.97 Å². The molecule has 184 valence electrons. The molecule has 0 radical (unpaired) electrons. The molecular formula is C29H28FN3O3. The molecule has 0 aliphatic rings. The van der Waals surface area contributed by atoms with Gasteiger partial charge in [-0.2, -0.15) is 0 Å². The lowest BCUT2D eigenvalue weighted by Crippen LogP contribution is -2.25. The number of amides is 1. The molecule has 7 heteroatoms. The molecule has 3 aromatic carbocycles. The normalized spacial score (nSPS) is 11.8. The Morgan fingerprint density at radius 1 is 0.944 bits per heavy atom. The SMILES string of the molecule is C[C@H](CCCc1nc2cc(C(=O)NCCc3ccc(F)cc3)ccc2nc1-c1ccccc1)C(=O)O. The maximum atomic E-state index is 13.1. The highest BCUT2D eigenvalue weighted by atomic mass is 19.1. The minimum absolute atomic E-state index is 0.218. The molecule has 0 aliphatic carbocycles. The molecule has 0 saturated heterocycles. The van der Waals surface area contributed by atoms with Crippen LogP contribution in [-0.2, 0) is 17.6 Å². The Bertz CT molecular complexity index is 1360. The van der Waals surface area contributed by atoms with Gasteiger partial charge >= 0.3 is 5.97 Å². The predicted octanol–water partition coefficient (Wildman–Crippen LogP) is 5.45. The molecule has 4 rings (SSSR count). The van der Waals surface area contributed by atoms with Gasteiger partial charge in [0.2, 0.25) is 0 Å². The van der Waals surface area contributed by atoms with Crippen LogP contribution >= 0.6 is 0 Å². The van der Waals surface area contributed by atoms with Crippen LogP contribution in [0.15, 0.2) is 72.8 Å². The molecule has 36 heavy (non-hydrogen) atoms. The van der Waals surface area contributed by atoms with E-state index < -0.39 is 11.9 Å². The molecule has 6 nitrogen and oxygen atoms in total. The van der Waals surface area contributed by atoms with Gasteiger partial charge in [-0.1, -0.05) is 49.4 Å². The average molecular weight is 486 g/mol. The number of aliphatic carboxylic acids is 1. The monoisotopic (exact) mass is 485 g/mol. The Hall–Kier alpha value is -4.13. The Kier molecular flexibility index (Phi) is 8.00. The van der Waals surface area contributed by atoms with E-state index in [-0.39, 0.29) is 11.7 Å². The van der Waals surface area contributed by atoms with Gasteiger partial charge in [-0.3, -0.25) is 9.59 Å². The van der Waals surface area contributed by atoms with Crippen molar-refractivity contribution in [3.8, 4) is 11.3 Å². The third-order valence-electron chi connectivity index (χ3n) is 6.13. The zero-order valence-electron chi connectivity index (χ0n) is 20.1. The molecule has 1 heterocycles. The lowest BCUT2D eigenvalue weighted by Gasteiger charge is -2.12. The molecule has 0 unspecified atom stereocenters. The minimum Gasteiger partial charge on any atom is -0.481 e. The third-order valence-corrected chi connectivity index (χ3v) is 6.13. The number of carbonyl (C=O) groups is 2. The lowest BCUT2D eigenvalue weighted by atomic mass is 10.0. The number of nitrogens with zero attached hydrogens (tertiary/aromatic N) is 2. The number of nitrogens with one attached hydrogen (secondary N) is 1. The molecule has 0 spiro atoms. The summed E-state index contributed by atoms with van der Waals surface area (Å²) in [5.74, 6) is -1.74. The van der Waals surface area contributed by atoms with E-state index in [9.17, 15) is 19.1 Å². The minimum atomic E-state index is -0.807. The zero-order chi connectivity index (χ0) is 25.5. The molecule has 4 aromatic rings. The molecule has 1 amide bonds. The average Bonchev–Trinajstić information content (AvgIpc) is 2.89. The van der Waals surface area contributed by atoms with Crippen molar-refractivity contribution in [3.05, 3.63) is 95.4 Å². The van der Waals surface area contributed by atoms with Gasteiger partial charge in [0, 0.05) is 17.7 Å². The number of fused-ring (bicyclic) bond motifs is 1. The van der Waals surface area contributed by atoms with Gasteiger partial charge in [-0.25, -0.2) is 14.4 Å². The second kappa shape index (κ2) is 11.5. The van der Waals surface area contributed by atoms with Crippen molar-refractivity contribution in [2.45, 2.75) is 32.6 Å². The van der Waals surface area contributed by atoms with Gasteiger partial charge in [0.25, 0.3) is 5.91 Å². The standard InChI is InChI=1S/C29H28FN3O3/c1-19(29(35)36)6-5-9-25-27(21-7-3-2-4-8-21)33-24-15-12-22(18-26(24)32-25)28(34)31-17-16-20-10-13-23(30)14-11-20/h2-4,7-8,10-15,18-19H,5-6,9,16-17H2,1H3,(H,31,34)(H,35,36)/t19-/m1/s1. The number of aromatic nitrogens is 2. The van der Waals surface area contributed by atoms with Crippen LogP contribution in [0.5, 0.6) is 0 Å². The molecular weight excluding hydrogens is 457 g/mol. The van der Waals surface area contributed by atoms with Crippen molar-refractivity contribution in [1.82, 2.24) is 15.3 Å². The Morgan fingerprint density at radius 3 is 2.42 bits per heavy atom. The molecule has 0 aliphatic heterocycles. The highest BCUT2D eigenvalue weighted by molar-refractivity contribution is 5.97. The number of aryl methyl sites for hydroxylation is 1. The van der Waals surface area contributed by atoms with E-state index in [1.54, 1.807) is 37.3 Å². The Balaban J connectivity index is 1.53. The van der Waals surface area contributed by atoms with Gasteiger partial charge < -0.3 is 10.4 Å². The van der Waals surface area contributed by atoms with Crippen LogP contribution in [-0.4, -0.2) is 33.5 Å². The summed E-state index contributed by atoms with van der Waals surface area (Å²) >= 11 is 0. The quantitative estimate of drug-likeness (QED) is 0.312. The Labute approximate surface area is 209 Å². The van der Waals surface area contributed by atoms with Crippen molar-refractivity contribution >= 4 is 22.9 Å². The molecule has 2 N–H and O–H groups in total. The highest BCUT2D eigenvalue weighted by Crippen LogP contribution is 2.25. The van der Waals surface area contributed by atoms with Gasteiger partial charge in [0.05, 0.1) is 28.3 Å². The number of hydrogen-bond acceptors (Lipinski definition) is 4. The van der Waals surface area contributed by atoms with E-state index in [1.807, 2.05) is 30.3 Å². The van der Waals surface area contributed by atoms with Crippen LogP contribution < -0.4 is 5.32 Å². The van der Waals surface area contributed by atoms with Crippen molar-refractivity contribution in [2.75, 3.05) is 6.54 Å². The maximum absolute atomic E-state index is 13.1. The predicted molar refractivity (Wildman–Crippen MR) is 137 cm³/mol. The van der Waals surface area contributed by atoms with Crippen LogP contribution in [0.1, 0.15) is 41.4 Å². The van der Waals surface area contributed by atoms with E-state index in [0.717, 1.165) is 22.5 Å². The smallest absolute Gasteiger partial charge is 0.306 e. The number of hydrogen-bond donors (Lipinski definition) is 2. The van der Waals surface area contributed by atoms with E-state index in [1.165, 1.54) is 12.1 Å². The first-order chi connectivity index (χ1) is 17.4. The highest BCUT2D eigenvalue weighted by Gasteiger charge is 2.15. The number of carbonyl (C=O) groups excluding carboxylic acids is 1. The van der Waals surface area contributed by atoms with Gasteiger partial charge in [0.1, 0.15) is 5.82 Å². The molecule has 0 saturated carbocycles. The zero-order valence-corrected chi connectivity index (χ0v) is 20.1. The first kappa shape index (κ1) is 25.0. The summed E-state index contributed by atoms with van der Waals surface area (Å²) < 4.78 is 13.1. The van der Waals surface area contributed by atoms with E-state index in [0.29, 0.717) is 48.8 Å². The molecule has 1 aromatic heterocycles. The molecule has 0 bridgehead atoms. The number of carboxylic acids is 1. The number of rotatable bonds is 10. The van der Waals surface area contributed by atoms with Crippen LogP contribution in [0.2, 0.25) is 0 Å². The van der Waals surface area contributed by atoms with Crippen LogP contribution in [0.4, 0.5) is 4.39 Å². The van der Waals surface area contributed by atoms with Crippen LogP contribution in [0, 0.1) is 11.7 Å². The maximum Gasteiger partial charge on any atom is 0.306 e. The van der Waals surface area contributed by atoms with Crippen molar-refractivity contribution in [3.63, 3.8) is 0 Å². The Morgan fingerprint density at radius 2 is 1.69 bits per heavy atom. The number of halogens is 1. The number of benzene rings is 3. The number of carboxylic acid groups (broad SMARTS) is 1. The van der Waals surface area contributed by atoms with E-state index in [2.05, 4.69) is 5.32 Å². The van der Waals surface area contributed by atoms with E-state index >= 15 is 0 Å². The lowest BCUT2D eigenvalue weighted by molar-refractivity contribution is -0.141. The van der Waals surface area contributed by atoms with Crippen molar-refractivity contribution < 1.29 is 19.1 Å². The summed E-state index contributed by atoms with van der Waals surface area (Å²) in [7, 11) is 0. The summed E-state index contributed by atoms with van der Waals surface area (Å²) in [6.07, 6.45) is 2.38. The first-order valence-corrected chi connectivity index (χ1v) is 12.0. The summed E-state index contributed by atoms with van der Waals surface area (Å²) in [6, 6.07) is 21.2. The summed E-state index contributed by atoms with van der Waals surface area (Å²) in [4.78, 5) is 33.6. The van der Waals surface area contributed by atoms with Crippen molar-refractivity contribution in [2.24, 2.45) is 5.92 Å². The fraction of sp³-hybridized carbons (Fsp3) is 0.241. The van der Waals surface area contributed by atoms with Gasteiger partial charge in [0.15, 0.2) is 0 Å². The molecule has 1 atom stereocenters. The summed E-state index contributed by atoms with van der Waals surface area (Å²) in [5.41, 5.74) is 5.20. The fourth-order valence-electron chi connectivity index (χ4n) is 4.01. The topological polar surface area (TPSA) is 92.2 Å². The van der Waals surface area contributed by atoms with Crippen LogP contribution in [0.3, 0.4) is 0 Å². The fourth-order valence-corrected chi connectivity index (χ4v) is 4.01.